The maximum absolute atomic E-state index is 12.0. The molecule has 7 heteroatoms. The van der Waals surface area contributed by atoms with E-state index in [0.717, 1.165) is 5.57 Å². The predicted molar refractivity (Wildman–Crippen MR) is 81.3 cm³/mol. The number of allylic oxidation sites excluding steroid dienone is 1. The van der Waals surface area contributed by atoms with Gasteiger partial charge in [0.2, 0.25) is 0 Å². The van der Waals surface area contributed by atoms with Crippen LogP contribution in [0.2, 0.25) is 0 Å². The summed E-state index contributed by atoms with van der Waals surface area (Å²) in [7, 11) is 0.316. The summed E-state index contributed by atoms with van der Waals surface area (Å²) in [4.78, 5) is 8.65. The highest BCUT2D eigenvalue weighted by Crippen LogP contribution is 2.25. The number of fused-ring (bicyclic) bond motifs is 1. The van der Waals surface area contributed by atoms with Gasteiger partial charge in [-0.3, -0.25) is 0 Å². The van der Waals surface area contributed by atoms with Crippen LogP contribution in [0.4, 0.5) is 0 Å². The highest BCUT2D eigenvalue weighted by molar-refractivity contribution is 7.90. The summed E-state index contributed by atoms with van der Waals surface area (Å²) in [6.07, 6.45) is 6.80. The first-order valence-corrected chi connectivity index (χ1v) is 8.47. The second-order valence-corrected chi connectivity index (χ2v) is 7.40. The van der Waals surface area contributed by atoms with Gasteiger partial charge in [0.25, 0.3) is 0 Å². The number of hydrogen-bond acceptors (Lipinski definition) is 4. The van der Waals surface area contributed by atoms with Crippen LogP contribution in [0.25, 0.3) is 16.6 Å². The monoisotopic (exact) mass is 305 g/mol. The van der Waals surface area contributed by atoms with Crippen molar-refractivity contribution in [1.82, 2.24) is 14.5 Å². The Morgan fingerprint density at radius 2 is 2.10 bits per heavy atom. The molecule has 21 heavy (non-hydrogen) atoms. The molecule has 6 nitrogen and oxygen atoms in total. The van der Waals surface area contributed by atoms with E-state index >= 15 is 0 Å². The van der Waals surface area contributed by atoms with Crippen LogP contribution < -0.4 is 0 Å². The molecule has 0 fully saturated rings. The van der Waals surface area contributed by atoms with E-state index in [1.807, 2.05) is 19.3 Å². The van der Waals surface area contributed by atoms with Gasteiger partial charge in [-0.2, -0.15) is 0 Å². The van der Waals surface area contributed by atoms with Gasteiger partial charge in [-0.15, -0.1) is 0 Å². The lowest BCUT2D eigenvalue weighted by Gasteiger charge is -2.05. The maximum atomic E-state index is 12.0. The minimum absolute atomic E-state index is 0.0755. The van der Waals surface area contributed by atoms with Crippen molar-refractivity contribution in [2.24, 2.45) is 7.05 Å². The molecule has 1 atom stereocenters. The fourth-order valence-corrected chi connectivity index (χ4v) is 3.32. The molecule has 2 aromatic rings. The fraction of sp³-hybridized carbons (Fsp3) is 0.357. The van der Waals surface area contributed by atoms with Gasteiger partial charge in [0, 0.05) is 20.2 Å². The van der Waals surface area contributed by atoms with Crippen molar-refractivity contribution in [3.8, 4) is 0 Å². The molecule has 0 radical (unpaired) electrons. The molecule has 0 saturated heterocycles. The number of likely N-dealkylation sites (N-methyl/N-ethyl adjacent to an activating group) is 1. The van der Waals surface area contributed by atoms with Gasteiger partial charge >= 0.3 is 0 Å². The van der Waals surface area contributed by atoms with E-state index in [2.05, 4.69) is 27.5 Å². The number of hydrogen-bond donors (Lipinski definition) is 0. The van der Waals surface area contributed by atoms with Crippen LogP contribution in [0.3, 0.4) is 0 Å². The van der Waals surface area contributed by atoms with E-state index in [1.165, 1.54) is 6.26 Å². The third-order valence-corrected chi connectivity index (χ3v) is 4.70. The van der Waals surface area contributed by atoms with Crippen molar-refractivity contribution < 1.29 is 13.0 Å². The van der Waals surface area contributed by atoms with E-state index in [4.69, 9.17) is 0 Å². The summed E-state index contributed by atoms with van der Waals surface area (Å²) in [5, 5.41) is 0.0755. The lowest BCUT2D eigenvalue weighted by molar-refractivity contribution is -0.512. The van der Waals surface area contributed by atoms with Crippen molar-refractivity contribution in [2.75, 3.05) is 13.3 Å². The van der Waals surface area contributed by atoms with Gasteiger partial charge in [0.15, 0.2) is 27.1 Å². The number of aryl methyl sites for hydroxylation is 1. The van der Waals surface area contributed by atoms with E-state index in [9.17, 15) is 8.42 Å². The Balaban J connectivity index is 2.31. The zero-order valence-corrected chi connectivity index (χ0v) is 13.2. The smallest absolute Gasteiger partial charge is 0.194 e. The third-order valence-electron chi connectivity index (χ3n) is 3.72. The molecular formula is C14H17N4O2S+. The molecule has 0 spiro atoms. The Kier molecular flexibility index (Phi) is 2.98. The Morgan fingerprint density at radius 3 is 2.67 bits per heavy atom. The molecule has 3 heterocycles. The average Bonchev–Trinajstić information content (AvgIpc) is 2.92. The van der Waals surface area contributed by atoms with Crippen molar-refractivity contribution in [2.45, 2.75) is 18.0 Å². The number of aromatic nitrogens is 3. The Hall–Kier alpha value is -2.02. The second-order valence-electron chi connectivity index (χ2n) is 5.47. The topological polar surface area (TPSA) is 67.9 Å². The summed E-state index contributed by atoms with van der Waals surface area (Å²) in [5.41, 5.74) is 2.74. The highest BCUT2D eigenvalue weighted by atomic mass is 32.2. The van der Waals surface area contributed by atoms with Gasteiger partial charge in [0.1, 0.15) is 12.6 Å². The quantitative estimate of drug-likeness (QED) is 0.772. The SMILES string of the molecule is CC1C=C(c2cc3ncn(C)c3c(S(C)(=O)=O)n2)C=[N+]1C. The van der Waals surface area contributed by atoms with Crippen LogP contribution in [-0.2, 0) is 16.9 Å². The number of sulfone groups is 1. The highest BCUT2D eigenvalue weighted by Gasteiger charge is 2.24. The Bertz CT molecular complexity index is 906. The zero-order valence-electron chi connectivity index (χ0n) is 12.4. The molecule has 3 rings (SSSR count). The average molecular weight is 305 g/mol. The maximum Gasteiger partial charge on any atom is 0.194 e. The van der Waals surface area contributed by atoms with E-state index < -0.39 is 9.84 Å². The summed E-state index contributed by atoms with van der Waals surface area (Å²) >= 11 is 0. The van der Waals surface area contributed by atoms with Crippen LogP contribution in [-0.4, -0.2) is 53.1 Å². The minimum Gasteiger partial charge on any atom is -0.331 e. The molecule has 0 aromatic carbocycles. The molecule has 2 aromatic heterocycles. The minimum atomic E-state index is -3.43. The normalized spacial score (nSPS) is 19.0. The molecule has 0 bridgehead atoms. The third kappa shape index (κ3) is 2.27. The van der Waals surface area contributed by atoms with Crippen LogP contribution >= 0.6 is 0 Å². The molecule has 1 unspecified atom stereocenters. The first kappa shape index (κ1) is 13.9. The van der Waals surface area contributed by atoms with Gasteiger partial charge in [0.05, 0.1) is 23.1 Å². The summed E-state index contributed by atoms with van der Waals surface area (Å²) < 4.78 is 27.8. The molecule has 0 N–H and O–H groups in total. The number of pyridine rings is 1. The van der Waals surface area contributed by atoms with Crippen LogP contribution in [0, 0.1) is 0 Å². The van der Waals surface area contributed by atoms with Crippen LogP contribution in [0.15, 0.2) is 23.5 Å². The summed E-state index contributed by atoms with van der Waals surface area (Å²) in [6, 6.07) is 2.10. The van der Waals surface area contributed by atoms with Crippen LogP contribution in [0.1, 0.15) is 12.6 Å². The molecule has 1 aliphatic heterocycles. The molecular weight excluding hydrogens is 288 g/mol. The van der Waals surface area contributed by atoms with E-state index in [0.29, 0.717) is 16.7 Å². The largest absolute Gasteiger partial charge is 0.331 e. The predicted octanol–water partition coefficient (Wildman–Crippen LogP) is 0.870. The Labute approximate surface area is 123 Å². The van der Waals surface area contributed by atoms with Gasteiger partial charge in [-0.1, -0.05) is 0 Å². The Morgan fingerprint density at radius 1 is 1.38 bits per heavy atom. The number of imidazole rings is 1. The molecule has 0 aliphatic carbocycles. The standard InChI is InChI=1S/C14H17N4O2S/c1-9-5-10(7-17(9)2)11-6-12-13(18(3)8-15-12)14(16-11)21(4,19)20/h5-9H,1-4H3/q+1. The first-order valence-electron chi connectivity index (χ1n) is 6.58. The number of nitrogens with zero attached hydrogens (tertiary/aromatic N) is 4. The van der Waals surface area contributed by atoms with Crippen molar-refractivity contribution in [3.63, 3.8) is 0 Å². The molecule has 110 valence electrons. The van der Waals surface area contributed by atoms with Gasteiger partial charge < -0.3 is 4.57 Å². The fourth-order valence-electron chi connectivity index (χ4n) is 2.45. The summed E-state index contributed by atoms with van der Waals surface area (Å²) in [6.45, 7) is 2.07. The lowest BCUT2D eigenvalue weighted by Crippen LogP contribution is -2.12. The molecule has 1 aliphatic rings. The van der Waals surface area contributed by atoms with Gasteiger partial charge in [-0.05, 0) is 12.1 Å². The zero-order chi connectivity index (χ0) is 15.4. The first-order chi connectivity index (χ1) is 9.77. The number of rotatable bonds is 2. The molecule has 0 amide bonds. The molecule has 0 saturated carbocycles. The van der Waals surface area contributed by atoms with Crippen molar-refractivity contribution in [3.05, 3.63) is 24.2 Å². The lowest BCUT2D eigenvalue weighted by atomic mass is 10.1. The van der Waals surface area contributed by atoms with E-state index in [1.54, 1.807) is 17.9 Å². The second kappa shape index (κ2) is 4.49. The van der Waals surface area contributed by atoms with Gasteiger partial charge in [-0.25, -0.2) is 23.0 Å². The van der Waals surface area contributed by atoms with Crippen molar-refractivity contribution in [1.29, 1.82) is 0 Å². The van der Waals surface area contributed by atoms with Crippen LogP contribution in [0.5, 0.6) is 0 Å². The van der Waals surface area contributed by atoms with Crippen molar-refractivity contribution >= 4 is 32.7 Å². The summed E-state index contributed by atoms with van der Waals surface area (Å²) in [5.74, 6) is 0. The van der Waals surface area contributed by atoms with E-state index in [-0.39, 0.29) is 11.1 Å².